The van der Waals surface area contributed by atoms with Crippen molar-refractivity contribution in [2.75, 3.05) is 0 Å². The van der Waals surface area contributed by atoms with Gasteiger partial charge in [0.2, 0.25) is 0 Å². The fourth-order valence-corrected chi connectivity index (χ4v) is 2.08. The van der Waals surface area contributed by atoms with E-state index in [1.54, 1.807) is 29.1 Å². The van der Waals surface area contributed by atoms with Gasteiger partial charge in [-0.05, 0) is 18.2 Å². The molecule has 0 bridgehead atoms. The number of amides is 1. The maximum Gasteiger partial charge on any atom is 0.260 e. The molecule has 0 saturated carbocycles. The number of hydrogen-bond acceptors (Lipinski definition) is 3. The van der Waals surface area contributed by atoms with Crippen molar-refractivity contribution >= 4 is 23.2 Å². The van der Waals surface area contributed by atoms with Gasteiger partial charge in [0, 0.05) is 5.56 Å². The van der Waals surface area contributed by atoms with Crippen molar-refractivity contribution in [3.63, 3.8) is 0 Å². The van der Waals surface area contributed by atoms with Crippen LogP contribution >= 0.6 is 0 Å². The van der Waals surface area contributed by atoms with E-state index >= 15 is 0 Å². The Kier molecular flexibility index (Phi) is 3.91. The van der Waals surface area contributed by atoms with Crippen LogP contribution in [0.5, 0.6) is 0 Å². The van der Waals surface area contributed by atoms with Crippen molar-refractivity contribution in [1.82, 2.24) is 15.0 Å². The van der Waals surface area contributed by atoms with Crippen LogP contribution in [-0.4, -0.2) is 21.7 Å². The first kappa shape index (κ1) is 13.9. The molecule has 0 fully saturated rings. The molecule has 0 saturated heterocycles. The molecule has 1 heterocycles. The van der Waals surface area contributed by atoms with Gasteiger partial charge in [-0.2, -0.15) is 5.10 Å². The Hall–Kier alpha value is -3.02. The van der Waals surface area contributed by atoms with Crippen molar-refractivity contribution < 1.29 is 9.18 Å². The number of hydrazone groups is 1. The number of aromatic nitrogens is 2. The van der Waals surface area contributed by atoms with Crippen molar-refractivity contribution in [3.8, 4) is 0 Å². The van der Waals surface area contributed by atoms with Crippen LogP contribution in [0.4, 0.5) is 4.39 Å². The van der Waals surface area contributed by atoms with Crippen LogP contribution in [-0.2, 0) is 11.3 Å². The molecule has 0 radical (unpaired) electrons. The second-order valence-corrected chi connectivity index (χ2v) is 4.68. The zero-order valence-corrected chi connectivity index (χ0v) is 11.6. The summed E-state index contributed by atoms with van der Waals surface area (Å²) >= 11 is 0. The van der Waals surface area contributed by atoms with Crippen LogP contribution in [0, 0.1) is 5.82 Å². The number of hydrogen-bond donors (Lipinski definition) is 1. The van der Waals surface area contributed by atoms with E-state index in [2.05, 4.69) is 15.5 Å². The standard InChI is InChI=1S/C16H13FN4O/c17-13-6-2-1-5-12(13)9-19-20-16(22)10-21-11-18-14-7-3-4-8-15(14)21/h1-9,11H,10H2,(H,20,22)/b19-9+. The lowest BCUT2D eigenvalue weighted by Gasteiger charge is -2.02. The lowest BCUT2D eigenvalue weighted by molar-refractivity contribution is -0.121. The van der Waals surface area contributed by atoms with Crippen LogP contribution in [0.15, 0.2) is 60.0 Å². The number of carbonyl (C=O) groups excluding carboxylic acids is 1. The molecular formula is C16H13FN4O. The third kappa shape index (κ3) is 3.01. The van der Waals surface area contributed by atoms with Crippen LogP contribution < -0.4 is 5.43 Å². The molecule has 3 aromatic rings. The maximum absolute atomic E-state index is 13.4. The summed E-state index contributed by atoms with van der Waals surface area (Å²) in [5.41, 5.74) is 4.39. The van der Waals surface area contributed by atoms with Gasteiger partial charge in [0.25, 0.3) is 5.91 Å². The quantitative estimate of drug-likeness (QED) is 0.593. The number of halogens is 1. The van der Waals surface area contributed by atoms with Crippen LogP contribution in [0.3, 0.4) is 0 Å². The first-order chi connectivity index (χ1) is 10.7. The summed E-state index contributed by atoms with van der Waals surface area (Å²) in [6.07, 6.45) is 2.88. The molecule has 2 aromatic carbocycles. The number of rotatable bonds is 4. The fraction of sp³-hybridized carbons (Fsp3) is 0.0625. The van der Waals surface area contributed by atoms with Gasteiger partial charge in [-0.15, -0.1) is 0 Å². The number of nitrogens with one attached hydrogen (secondary N) is 1. The first-order valence-electron chi connectivity index (χ1n) is 6.70. The Morgan fingerprint density at radius 1 is 1.23 bits per heavy atom. The second-order valence-electron chi connectivity index (χ2n) is 4.68. The summed E-state index contributed by atoms with van der Waals surface area (Å²) in [5.74, 6) is -0.697. The normalized spacial score (nSPS) is 11.1. The predicted octanol–water partition coefficient (Wildman–Crippen LogP) is 2.33. The highest BCUT2D eigenvalue weighted by Crippen LogP contribution is 2.11. The average Bonchev–Trinajstić information content (AvgIpc) is 2.92. The molecule has 0 atom stereocenters. The Morgan fingerprint density at radius 3 is 2.86 bits per heavy atom. The summed E-state index contributed by atoms with van der Waals surface area (Å²) in [6.45, 7) is 0.0924. The van der Waals surface area contributed by atoms with Gasteiger partial charge in [0.15, 0.2) is 0 Å². The van der Waals surface area contributed by atoms with Gasteiger partial charge in [-0.1, -0.05) is 30.3 Å². The number of fused-ring (bicyclic) bond motifs is 1. The highest BCUT2D eigenvalue weighted by Gasteiger charge is 2.06. The summed E-state index contributed by atoms with van der Waals surface area (Å²) in [6, 6.07) is 13.7. The smallest absolute Gasteiger partial charge is 0.260 e. The molecule has 0 unspecified atom stereocenters. The molecule has 1 N–H and O–H groups in total. The van der Waals surface area contributed by atoms with E-state index in [-0.39, 0.29) is 18.3 Å². The lowest BCUT2D eigenvalue weighted by Crippen LogP contribution is -2.22. The van der Waals surface area contributed by atoms with E-state index in [4.69, 9.17) is 0 Å². The van der Waals surface area contributed by atoms with Crippen molar-refractivity contribution in [3.05, 3.63) is 66.2 Å². The Bertz CT molecular complexity index is 841. The van der Waals surface area contributed by atoms with Gasteiger partial charge in [-0.25, -0.2) is 14.8 Å². The third-order valence-electron chi connectivity index (χ3n) is 3.14. The SMILES string of the molecule is O=C(Cn1cnc2ccccc21)N/N=C/c1ccccc1F. The topological polar surface area (TPSA) is 59.3 Å². The minimum atomic E-state index is -0.388. The summed E-state index contributed by atoms with van der Waals surface area (Å²) in [5, 5.41) is 3.76. The van der Waals surface area contributed by atoms with Crippen molar-refractivity contribution in [2.45, 2.75) is 6.54 Å². The van der Waals surface area contributed by atoms with Crippen LogP contribution in [0.2, 0.25) is 0 Å². The number of nitrogens with zero attached hydrogens (tertiary/aromatic N) is 3. The molecule has 6 heteroatoms. The highest BCUT2D eigenvalue weighted by molar-refractivity contribution is 5.83. The molecule has 110 valence electrons. The van der Waals surface area contributed by atoms with Crippen LogP contribution in [0.1, 0.15) is 5.56 Å². The second kappa shape index (κ2) is 6.17. The van der Waals surface area contributed by atoms with E-state index in [0.29, 0.717) is 5.56 Å². The zero-order valence-electron chi connectivity index (χ0n) is 11.6. The molecule has 1 aromatic heterocycles. The predicted molar refractivity (Wildman–Crippen MR) is 81.9 cm³/mol. The minimum Gasteiger partial charge on any atom is -0.321 e. The monoisotopic (exact) mass is 296 g/mol. The zero-order chi connectivity index (χ0) is 15.4. The Morgan fingerprint density at radius 2 is 2.00 bits per heavy atom. The summed E-state index contributed by atoms with van der Waals surface area (Å²) in [7, 11) is 0. The molecule has 0 aliphatic rings. The number of benzene rings is 2. The highest BCUT2D eigenvalue weighted by atomic mass is 19.1. The van der Waals surface area contributed by atoms with Gasteiger partial charge in [0.05, 0.1) is 23.6 Å². The van der Waals surface area contributed by atoms with Crippen LogP contribution in [0.25, 0.3) is 11.0 Å². The van der Waals surface area contributed by atoms with E-state index in [1.165, 1.54) is 12.3 Å². The Labute approximate surface area is 126 Å². The van der Waals surface area contributed by atoms with Crippen molar-refractivity contribution in [1.29, 1.82) is 0 Å². The van der Waals surface area contributed by atoms with E-state index in [9.17, 15) is 9.18 Å². The molecule has 3 rings (SSSR count). The number of carbonyl (C=O) groups is 1. The Balaban J connectivity index is 1.65. The third-order valence-corrected chi connectivity index (χ3v) is 3.14. The van der Waals surface area contributed by atoms with E-state index < -0.39 is 0 Å². The van der Waals surface area contributed by atoms with Crippen molar-refractivity contribution in [2.24, 2.45) is 5.10 Å². The number of para-hydroxylation sites is 2. The number of imidazole rings is 1. The fourth-order valence-electron chi connectivity index (χ4n) is 2.08. The molecule has 0 aliphatic carbocycles. The maximum atomic E-state index is 13.4. The van der Waals surface area contributed by atoms with Gasteiger partial charge in [0.1, 0.15) is 12.4 Å². The molecule has 0 spiro atoms. The lowest BCUT2D eigenvalue weighted by atomic mass is 10.2. The first-order valence-corrected chi connectivity index (χ1v) is 6.70. The molecule has 5 nitrogen and oxygen atoms in total. The molecule has 1 amide bonds. The summed E-state index contributed by atoms with van der Waals surface area (Å²) in [4.78, 5) is 16.1. The minimum absolute atomic E-state index is 0.0924. The van der Waals surface area contributed by atoms with E-state index in [0.717, 1.165) is 11.0 Å². The molecule has 0 aliphatic heterocycles. The average molecular weight is 296 g/mol. The van der Waals surface area contributed by atoms with E-state index in [1.807, 2.05) is 24.3 Å². The van der Waals surface area contributed by atoms with Gasteiger partial charge in [-0.3, -0.25) is 4.79 Å². The molecular weight excluding hydrogens is 283 g/mol. The van der Waals surface area contributed by atoms with Gasteiger partial charge < -0.3 is 4.57 Å². The largest absolute Gasteiger partial charge is 0.321 e. The summed E-state index contributed by atoms with van der Waals surface area (Å²) < 4.78 is 15.1. The van der Waals surface area contributed by atoms with Gasteiger partial charge >= 0.3 is 0 Å². The molecule has 22 heavy (non-hydrogen) atoms.